The van der Waals surface area contributed by atoms with Gasteiger partial charge in [0.25, 0.3) is 0 Å². The molecule has 0 amide bonds. The van der Waals surface area contributed by atoms with Crippen molar-refractivity contribution >= 4 is 39.1 Å². The number of benzene rings is 6. The number of rotatable bonds is 6. The van der Waals surface area contributed by atoms with Gasteiger partial charge in [-0.3, -0.25) is 4.90 Å². The minimum absolute atomic E-state index is 0.777. The molecule has 0 spiro atoms. The van der Waals surface area contributed by atoms with Gasteiger partial charge >= 0.3 is 0 Å². The van der Waals surface area contributed by atoms with Gasteiger partial charge in [0, 0.05) is 22.0 Å². The van der Waals surface area contributed by atoms with Gasteiger partial charge in [0.05, 0.1) is 11.9 Å². The van der Waals surface area contributed by atoms with Crippen LogP contribution < -0.4 is 4.90 Å². The van der Waals surface area contributed by atoms with Gasteiger partial charge in [0.15, 0.2) is 5.58 Å². The second kappa shape index (κ2) is 11.0. The zero-order valence-corrected chi connectivity index (χ0v) is 24.0. The lowest BCUT2D eigenvalue weighted by Crippen LogP contribution is -2.12. The van der Waals surface area contributed by atoms with E-state index in [0.717, 1.165) is 50.3 Å². The molecule has 44 heavy (non-hydrogen) atoms. The molecule has 0 aliphatic carbocycles. The SMILES string of the molecule is c1ccc(-c2ccc(-c3ccccc3N(c3ccc(-c4ccccc4)cc3)c3cc4c(cn3)oc3ccccc34)cc2)cc1. The molecule has 0 bridgehead atoms. The van der Waals surface area contributed by atoms with Crippen LogP contribution in [0, 0.1) is 0 Å². The quantitative estimate of drug-likeness (QED) is 0.201. The Labute approximate surface area is 256 Å². The van der Waals surface area contributed by atoms with Crippen molar-refractivity contribution < 1.29 is 4.42 Å². The van der Waals surface area contributed by atoms with Crippen molar-refractivity contribution in [3.05, 3.63) is 170 Å². The van der Waals surface area contributed by atoms with Crippen LogP contribution in [0.2, 0.25) is 0 Å². The van der Waals surface area contributed by atoms with Gasteiger partial charge in [-0.1, -0.05) is 133 Å². The number of anilines is 3. The van der Waals surface area contributed by atoms with E-state index in [9.17, 15) is 0 Å². The lowest BCUT2D eigenvalue weighted by molar-refractivity contribution is 0.667. The second-order valence-corrected chi connectivity index (χ2v) is 10.8. The number of hydrogen-bond donors (Lipinski definition) is 0. The molecule has 0 aliphatic heterocycles. The summed E-state index contributed by atoms with van der Waals surface area (Å²) in [4.78, 5) is 7.20. The Kier molecular flexibility index (Phi) is 6.47. The first kappa shape index (κ1) is 25.8. The van der Waals surface area contributed by atoms with Crippen LogP contribution in [0.3, 0.4) is 0 Å². The molecule has 0 radical (unpaired) electrons. The summed E-state index contributed by atoms with van der Waals surface area (Å²) >= 11 is 0. The minimum Gasteiger partial charge on any atom is -0.454 e. The maximum Gasteiger partial charge on any atom is 0.153 e. The third-order valence-corrected chi connectivity index (χ3v) is 8.16. The van der Waals surface area contributed by atoms with Crippen molar-refractivity contribution in [1.29, 1.82) is 0 Å². The van der Waals surface area contributed by atoms with Crippen LogP contribution in [0.4, 0.5) is 17.2 Å². The summed E-state index contributed by atoms with van der Waals surface area (Å²) in [5.74, 6) is 0.824. The van der Waals surface area contributed by atoms with Gasteiger partial charge in [-0.05, 0) is 58.1 Å². The van der Waals surface area contributed by atoms with E-state index in [1.165, 1.54) is 22.3 Å². The molecule has 2 aromatic heterocycles. The first-order valence-electron chi connectivity index (χ1n) is 14.8. The topological polar surface area (TPSA) is 29.3 Å². The Balaban J connectivity index is 1.28. The summed E-state index contributed by atoms with van der Waals surface area (Å²) in [6.07, 6.45) is 1.84. The Morgan fingerprint density at radius 3 is 1.68 bits per heavy atom. The number of aromatic nitrogens is 1. The first-order chi connectivity index (χ1) is 21.8. The molecule has 0 aliphatic rings. The lowest BCUT2D eigenvalue weighted by Gasteiger charge is -2.27. The van der Waals surface area contributed by atoms with Crippen molar-refractivity contribution in [2.75, 3.05) is 4.90 Å². The van der Waals surface area contributed by atoms with E-state index < -0.39 is 0 Å². The van der Waals surface area contributed by atoms with E-state index in [2.05, 4.69) is 138 Å². The van der Waals surface area contributed by atoms with E-state index in [0.29, 0.717) is 0 Å². The summed E-state index contributed by atoms with van der Waals surface area (Å²) in [6, 6.07) is 57.3. The molecule has 0 atom stereocenters. The van der Waals surface area contributed by atoms with Crippen molar-refractivity contribution in [3.8, 4) is 33.4 Å². The molecular weight excluding hydrogens is 536 g/mol. The van der Waals surface area contributed by atoms with Gasteiger partial charge in [0.1, 0.15) is 11.4 Å². The number of pyridine rings is 1. The van der Waals surface area contributed by atoms with Gasteiger partial charge in [-0.2, -0.15) is 0 Å². The van der Waals surface area contributed by atoms with E-state index in [1.54, 1.807) is 0 Å². The largest absolute Gasteiger partial charge is 0.454 e. The molecule has 3 heteroatoms. The molecule has 0 N–H and O–H groups in total. The highest BCUT2D eigenvalue weighted by Crippen LogP contribution is 2.42. The number of fused-ring (bicyclic) bond motifs is 3. The number of furan rings is 1. The van der Waals surface area contributed by atoms with Crippen molar-refractivity contribution in [1.82, 2.24) is 4.98 Å². The fraction of sp³-hybridized carbons (Fsp3) is 0. The highest BCUT2D eigenvalue weighted by atomic mass is 16.3. The Morgan fingerprint density at radius 2 is 0.977 bits per heavy atom. The average molecular weight is 565 g/mol. The summed E-state index contributed by atoms with van der Waals surface area (Å²) < 4.78 is 6.12. The molecule has 8 rings (SSSR count). The van der Waals surface area contributed by atoms with E-state index in [1.807, 2.05) is 36.5 Å². The molecule has 0 unspecified atom stereocenters. The molecule has 0 saturated heterocycles. The smallest absolute Gasteiger partial charge is 0.153 e. The van der Waals surface area contributed by atoms with Crippen LogP contribution in [-0.2, 0) is 0 Å². The van der Waals surface area contributed by atoms with Crippen LogP contribution >= 0.6 is 0 Å². The van der Waals surface area contributed by atoms with Crippen LogP contribution in [0.15, 0.2) is 174 Å². The highest BCUT2D eigenvalue weighted by molar-refractivity contribution is 6.06. The number of hydrogen-bond acceptors (Lipinski definition) is 3. The van der Waals surface area contributed by atoms with E-state index in [4.69, 9.17) is 9.40 Å². The second-order valence-electron chi connectivity index (χ2n) is 10.8. The molecule has 0 saturated carbocycles. The maximum atomic E-state index is 6.12. The van der Waals surface area contributed by atoms with Crippen LogP contribution in [0.25, 0.3) is 55.3 Å². The molecule has 208 valence electrons. The number of nitrogens with zero attached hydrogens (tertiary/aromatic N) is 2. The van der Waals surface area contributed by atoms with Crippen molar-refractivity contribution in [3.63, 3.8) is 0 Å². The third-order valence-electron chi connectivity index (χ3n) is 8.16. The Bertz CT molecular complexity index is 2200. The van der Waals surface area contributed by atoms with Gasteiger partial charge in [-0.15, -0.1) is 0 Å². The zero-order valence-electron chi connectivity index (χ0n) is 24.0. The Hall–Kier alpha value is -5.93. The Morgan fingerprint density at radius 1 is 0.432 bits per heavy atom. The zero-order chi connectivity index (χ0) is 29.3. The highest BCUT2D eigenvalue weighted by Gasteiger charge is 2.20. The van der Waals surface area contributed by atoms with E-state index >= 15 is 0 Å². The first-order valence-corrected chi connectivity index (χ1v) is 14.8. The molecular formula is C41H28N2O. The van der Waals surface area contributed by atoms with Crippen LogP contribution in [0.5, 0.6) is 0 Å². The molecule has 8 aromatic rings. The molecule has 3 nitrogen and oxygen atoms in total. The maximum absolute atomic E-state index is 6.12. The minimum atomic E-state index is 0.777. The molecule has 6 aromatic carbocycles. The summed E-state index contributed by atoms with van der Waals surface area (Å²) in [7, 11) is 0. The predicted molar refractivity (Wildman–Crippen MR) is 183 cm³/mol. The van der Waals surface area contributed by atoms with Crippen LogP contribution in [0.1, 0.15) is 0 Å². The van der Waals surface area contributed by atoms with Crippen molar-refractivity contribution in [2.45, 2.75) is 0 Å². The van der Waals surface area contributed by atoms with Gasteiger partial charge < -0.3 is 4.42 Å². The molecule has 2 heterocycles. The normalized spacial score (nSPS) is 11.2. The van der Waals surface area contributed by atoms with Gasteiger partial charge in [-0.25, -0.2) is 4.98 Å². The van der Waals surface area contributed by atoms with Crippen molar-refractivity contribution in [2.24, 2.45) is 0 Å². The summed E-state index contributed by atoms with van der Waals surface area (Å²) in [5.41, 5.74) is 10.7. The van der Waals surface area contributed by atoms with Crippen LogP contribution in [-0.4, -0.2) is 4.98 Å². The van der Waals surface area contributed by atoms with E-state index in [-0.39, 0.29) is 0 Å². The fourth-order valence-electron chi connectivity index (χ4n) is 5.96. The summed E-state index contributed by atoms with van der Waals surface area (Å²) in [6.45, 7) is 0. The number of para-hydroxylation sites is 2. The average Bonchev–Trinajstić information content (AvgIpc) is 3.48. The lowest BCUT2D eigenvalue weighted by atomic mass is 9.98. The third kappa shape index (κ3) is 4.71. The van der Waals surface area contributed by atoms with Gasteiger partial charge in [0.2, 0.25) is 0 Å². The fourth-order valence-corrected chi connectivity index (χ4v) is 5.96. The monoisotopic (exact) mass is 564 g/mol. The molecule has 0 fully saturated rings. The predicted octanol–water partition coefficient (Wildman–Crippen LogP) is 11.5. The standard InChI is InChI=1S/C41H28N2O/c1-3-11-29(12-4-1)31-19-21-33(22-20-31)35-15-7-9-17-38(35)43(34-25-23-32(24-26-34)30-13-5-2-6-14-30)41-27-37-36-16-8-10-18-39(36)44-40(37)28-42-41/h1-28H. The summed E-state index contributed by atoms with van der Waals surface area (Å²) in [5, 5.41) is 2.12.